The number of aliphatic hydroxyl groups is 1. The molecule has 0 aromatic carbocycles. The van der Waals surface area contributed by atoms with Crippen molar-refractivity contribution in [2.24, 2.45) is 0 Å². The summed E-state index contributed by atoms with van der Waals surface area (Å²) in [5.74, 6) is -2.54. The highest BCUT2D eigenvalue weighted by atomic mass is 32.1. The van der Waals surface area contributed by atoms with E-state index in [-0.39, 0.29) is 6.61 Å². The van der Waals surface area contributed by atoms with Gasteiger partial charge in [-0.3, -0.25) is 19.2 Å². The Kier molecular flexibility index (Phi) is 11.0. The van der Waals surface area contributed by atoms with Crippen LogP contribution in [-0.4, -0.2) is 71.3 Å². The highest BCUT2D eigenvalue weighted by Crippen LogP contribution is 2.26. The number of carbonyl (C=O) groups excluding carboxylic acids is 4. The second kappa shape index (κ2) is 12.1. The molecule has 1 amide bonds. The molecule has 11 nitrogen and oxygen atoms in total. The van der Waals surface area contributed by atoms with Gasteiger partial charge in [-0.25, -0.2) is 5.41 Å². The van der Waals surface area contributed by atoms with E-state index in [2.05, 4.69) is 17.5 Å². The van der Waals surface area contributed by atoms with Crippen molar-refractivity contribution in [3.05, 3.63) is 0 Å². The van der Waals surface area contributed by atoms with Gasteiger partial charge in [0.2, 0.25) is 5.91 Å². The molecule has 3 N–H and O–H groups in total. The van der Waals surface area contributed by atoms with Gasteiger partial charge in [-0.2, -0.15) is 0 Å². The number of hydrogen-bond donors (Lipinski definition) is 3. The Labute approximate surface area is 160 Å². The number of thiocarbonyl (C=S) groups is 1. The molecule has 1 aliphatic heterocycles. The average Bonchev–Trinajstić information content (AvgIpc) is 2.51. The molecule has 1 aliphatic rings. The van der Waals surface area contributed by atoms with Crippen molar-refractivity contribution in [1.29, 1.82) is 5.41 Å². The van der Waals surface area contributed by atoms with Crippen molar-refractivity contribution >= 4 is 41.2 Å². The van der Waals surface area contributed by atoms with E-state index in [1.165, 1.54) is 13.8 Å². The van der Waals surface area contributed by atoms with E-state index >= 15 is 0 Å². The number of carbonyl (C=O) groups is 4. The molecule has 0 spiro atoms. The summed E-state index contributed by atoms with van der Waals surface area (Å²) in [5, 5.41) is 19.8. The minimum absolute atomic E-state index is 0.338. The zero-order valence-electron chi connectivity index (χ0n) is 15.2. The molecule has 0 aromatic rings. The Morgan fingerprint density at radius 3 is 1.96 bits per heavy atom. The quantitative estimate of drug-likeness (QED) is 0.230. The lowest BCUT2D eigenvalue weighted by Gasteiger charge is -2.43. The molecule has 0 unspecified atom stereocenters. The van der Waals surface area contributed by atoms with E-state index < -0.39 is 54.5 Å². The zero-order chi connectivity index (χ0) is 21.1. The molecule has 1 saturated heterocycles. The van der Waals surface area contributed by atoms with Crippen molar-refractivity contribution in [2.75, 3.05) is 6.61 Å². The maximum absolute atomic E-state index is 11.4. The van der Waals surface area contributed by atoms with Crippen LogP contribution in [0.5, 0.6) is 0 Å². The van der Waals surface area contributed by atoms with Crippen LogP contribution in [0.3, 0.4) is 0 Å². The first-order chi connectivity index (χ1) is 12.5. The zero-order valence-corrected chi connectivity index (χ0v) is 16.0. The van der Waals surface area contributed by atoms with Crippen LogP contribution in [0.15, 0.2) is 0 Å². The maximum atomic E-state index is 11.4. The summed E-state index contributed by atoms with van der Waals surface area (Å²) < 4.78 is 20.3. The second-order valence-corrected chi connectivity index (χ2v) is 5.55. The van der Waals surface area contributed by atoms with E-state index in [1.54, 1.807) is 5.16 Å². The molecule has 0 aliphatic carbocycles. The fraction of sp³-hybridized carbons (Fsp3) is 0.667. The van der Waals surface area contributed by atoms with E-state index in [1.807, 2.05) is 0 Å². The van der Waals surface area contributed by atoms with Crippen LogP contribution in [0.1, 0.15) is 27.7 Å². The third kappa shape index (κ3) is 9.20. The fourth-order valence-corrected chi connectivity index (χ4v) is 2.31. The van der Waals surface area contributed by atoms with Crippen LogP contribution in [-0.2, 0) is 38.1 Å². The lowest BCUT2D eigenvalue weighted by Crippen LogP contribution is -2.66. The number of rotatable bonds is 5. The molecule has 0 radical (unpaired) electrons. The molecule has 1 heterocycles. The minimum Gasteiger partial charge on any atom is -0.463 e. The SMILES string of the molecule is CC(=O)N[C@@H]1[C@@H](OC(C)=O)[C@H](OC(C)=O)[C@@H](COC(C)=O)O[C@@H]1O.N=C=S. The first-order valence-corrected chi connectivity index (χ1v) is 8.06. The van der Waals surface area contributed by atoms with E-state index in [9.17, 15) is 24.3 Å². The largest absolute Gasteiger partial charge is 0.463 e. The minimum atomic E-state index is -1.56. The van der Waals surface area contributed by atoms with Gasteiger partial charge in [0.25, 0.3) is 0 Å². The summed E-state index contributed by atoms with van der Waals surface area (Å²) in [6.07, 6.45) is -5.06. The van der Waals surface area contributed by atoms with Crippen molar-refractivity contribution in [3.8, 4) is 0 Å². The Morgan fingerprint density at radius 1 is 1.07 bits per heavy atom. The van der Waals surface area contributed by atoms with Crippen LogP contribution in [0.4, 0.5) is 0 Å². The monoisotopic (exact) mass is 406 g/mol. The first-order valence-electron chi connectivity index (χ1n) is 7.65. The number of ether oxygens (including phenoxy) is 4. The Hall–Kier alpha value is -2.40. The lowest BCUT2D eigenvalue weighted by atomic mass is 9.96. The molecule has 27 heavy (non-hydrogen) atoms. The fourth-order valence-electron chi connectivity index (χ4n) is 2.31. The van der Waals surface area contributed by atoms with Crippen molar-refractivity contribution in [2.45, 2.75) is 58.3 Å². The van der Waals surface area contributed by atoms with Crippen molar-refractivity contribution in [3.63, 3.8) is 0 Å². The molecule has 0 aromatic heterocycles. The lowest BCUT2D eigenvalue weighted by molar-refractivity contribution is -0.264. The van der Waals surface area contributed by atoms with Gasteiger partial charge < -0.3 is 29.4 Å². The summed E-state index contributed by atoms with van der Waals surface area (Å²) in [5.41, 5.74) is 0. The number of esters is 3. The average molecular weight is 406 g/mol. The molecule has 12 heteroatoms. The van der Waals surface area contributed by atoms with E-state index in [0.29, 0.717) is 0 Å². The Bertz CT molecular complexity index is 592. The Balaban J connectivity index is 0.00000210. The van der Waals surface area contributed by atoms with Crippen molar-refractivity contribution < 1.29 is 43.2 Å². The molecule has 0 saturated carbocycles. The van der Waals surface area contributed by atoms with Gasteiger partial charge in [0.1, 0.15) is 18.8 Å². The van der Waals surface area contributed by atoms with Crippen LogP contribution < -0.4 is 5.32 Å². The first kappa shape index (κ1) is 24.6. The van der Waals surface area contributed by atoms with Crippen LogP contribution in [0.25, 0.3) is 0 Å². The summed E-state index contributed by atoms with van der Waals surface area (Å²) >= 11 is 3.81. The standard InChI is InChI=1S/C14H21NO9.CHNS/c1-6(16)15-11-13(23-9(4)19)12(22-8(3)18)10(24-14(11)20)5-21-7(2)17;2-1-3/h10-14,20H,5H2,1-4H3,(H,15,16);2H/t10-,11-,12-,13-,14+;/m1./s1. The van der Waals surface area contributed by atoms with Crippen LogP contribution in [0, 0.1) is 5.41 Å². The molecule has 152 valence electrons. The summed E-state index contributed by atoms with van der Waals surface area (Å²) in [4.78, 5) is 45.0. The highest BCUT2D eigenvalue weighted by Gasteiger charge is 2.50. The van der Waals surface area contributed by atoms with E-state index in [4.69, 9.17) is 24.4 Å². The number of amides is 1. The maximum Gasteiger partial charge on any atom is 0.303 e. The predicted molar refractivity (Wildman–Crippen MR) is 91.5 cm³/mol. The molecule has 0 bridgehead atoms. The third-order valence-corrected chi connectivity index (χ3v) is 3.09. The third-order valence-electron chi connectivity index (χ3n) is 3.09. The molecule has 1 fully saturated rings. The predicted octanol–water partition coefficient (Wildman–Crippen LogP) is -0.697. The van der Waals surface area contributed by atoms with Gasteiger partial charge in [0.05, 0.1) is 5.16 Å². The second-order valence-electron chi connectivity index (χ2n) is 5.34. The summed E-state index contributed by atoms with van der Waals surface area (Å²) in [6, 6.07) is -1.16. The van der Waals surface area contributed by atoms with Gasteiger partial charge in [-0.15, -0.1) is 0 Å². The van der Waals surface area contributed by atoms with E-state index in [0.717, 1.165) is 13.8 Å². The Morgan fingerprint density at radius 2 is 1.56 bits per heavy atom. The molecule has 1 rings (SSSR count). The van der Waals surface area contributed by atoms with Crippen LogP contribution >= 0.6 is 12.2 Å². The molecule has 5 atom stereocenters. The molecular formula is C15H22N2O9S. The number of isothiocyanates is 1. The van der Waals surface area contributed by atoms with Gasteiger partial charge in [-0.05, 0) is 12.2 Å². The summed E-state index contributed by atoms with van der Waals surface area (Å²) in [6.45, 7) is 4.28. The van der Waals surface area contributed by atoms with Gasteiger partial charge in [-0.1, -0.05) is 0 Å². The van der Waals surface area contributed by atoms with Gasteiger partial charge in [0.15, 0.2) is 18.5 Å². The normalized spacial score (nSPS) is 26.3. The van der Waals surface area contributed by atoms with Crippen molar-refractivity contribution in [1.82, 2.24) is 5.32 Å². The highest BCUT2D eigenvalue weighted by molar-refractivity contribution is 7.78. The number of hydrogen-bond acceptors (Lipinski definition) is 11. The van der Waals surface area contributed by atoms with Gasteiger partial charge in [0, 0.05) is 27.7 Å². The van der Waals surface area contributed by atoms with Crippen LogP contribution in [0.2, 0.25) is 0 Å². The van der Waals surface area contributed by atoms with Gasteiger partial charge >= 0.3 is 17.9 Å². The number of nitrogens with one attached hydrogen (secondary N) is 2. The summed E-state index contributed by atoms with van der Waals surface area (Å²) in [7, 11) is 0. The smallest absolute Gasteiger partial charge is 0.303 e. The topological polar surface area (TPSA) is 161 Å². The molecular weight excluding hydrogens is 384 g/mol. The number of aliphatic hydroxyl groups excluding tert-OH is 1.